The number of hydrogen-bond donors (Lipinski definition) is 1. The molecule has 1 aromatic carbocycles. The molecule has 27 heavy (non-hydrogen) atoms. The van der Waals surface area contributed by atoms with Crippen LogP contribution < -0.4 is 5.32 Å². The van der Waals surface area contributed by atoms with Gasteiger partial charge in [-0.2, -0.15) is 0 Å². The van der Waals surface area contributed by atoms with Crippen molar-refractivity contribution < 1.29 is 22.9 Å². The number of nitrogens with zero attached hydrogens (tertiary/aromatic N) is 3. The highest BCUT2D eigenvalue weighted by Crippen LogP contribution is 2.18. The fourth-order valence-corrected chi connectivity index (χ4v) is 3.03. The maximum Gasteiger partial charge on any atom is 0.237 e. The van der Waals surface area contributed by atoms with E-state index in [2.05, 4.69) is 10.5 Å². The third-order valence-electron chi connectivity index (χ3n) is 4.53. The molecule has 7 nitrogen and oxygen atoms in total. The average molecular weight is 378 g/mol. The largest absolute Gasteiger partial charge is 0.364 e. The molecule has 1 aromatic heterocycles. The highest BCUT2D eigenvalue weighted by Gasteiger charge is 2.33. The topological polar surface area (TPSA) is 78.7 Å². The standard InChI is InChI=1S/C18H20F2N4O3/c1-23(11-13-5-8-27-22-13)16(25)9-15-18(26)21-6-7-24(15)10-12-3-2-4-14(19)17(12)20/h2-5,8,15H,6-7,9-11H2,1H3,(H,21,26)/t15-/m1/s1. The lowest BCUT2D eigenvalue weighted by atomic mass is 10.1. The van der Waals surface area contributed by atoms with Gasteiger partial charge in [0.2, 0.25) is 11.8 Å². The van der Waals surface area contributed by atoms with Gasteiger partial charge in [-0.3, -0.25) is 14.5 Å². The summed E-state index contributed by atoms with van der Waals surface area (Å²) in [5.41, 5.74) is 0.746. The molecule has 144 valence electrons. The lowest BCUT2D eigenvalue weighted by Crippen LogP contribution is -2.56. The summed E-state index contributed by atoms with van der Waals surface area (Å²) in [7, 11) is 1.61. The van der Waals surface area contributed by atoms with E-state index in [1.807, 2.05) is 0 Å². The highest BCUT2D eigenvalue weighted by atomic mass is 19.2. The first-order valence-electron chi connectivity index (χ1n) is 8.53. The molecule has 0 radical (unpaired) electrons. The number of amides is 2. The number of aromatic nitrogens is 1. The second-order valence-corrected chi connectivity index (χ2v) is 6.43. The Morgan fingerprint density at radius 1 is 1.41 bits per heavy atom. The van der Waals surface area contributed by atoms with E-state index in [1.165, 1.54) is 23.3 Å². The maximum atomic E-state index is 14.0. The molecule has 1 atom stereocenters. The van der Waals surface area contributed by atoms with Gasteiger partial charge in [0.25, 0.3) is 0 Å². The third-order valence-corrected chi connectivity index (χ3v) is 4.53. The van der Waals surface area contributed by atoms with Crippen LogP contribution in [0.3, 0.4) is 0 Å². The molecular formula is C18H20F2N4O3. The van der Waals surface area contributed by atoms with Crippen LogP contribution in [-0.4, -0.2) is 52.9 Å². The summed E-state index contributed by atoms with van der Waals surface area (Å²) in [6, 6.07) is 4.83. The first-order chi connectivity index (χ1) is 13.0. The summed E-state index contributed by atoms with van der Waals surface area (Å²) in [6.07, 6.45) is 1.34. The molecule has 0 spiro atoms. The van der Waals surface area contributed by atoms with Crippen molar-refractivity contribution in [1.82, 2.24) is 20.3 Å². The van der Waals surface area contributed by atoms with Crippen molar-refractivity contribution in [1.29, 1.82) is 0 Å². The van der Waals surface area contributed by atoms with Crippen LogP contribution in [0.15, 0.2) is 35.1 Å². The third kappa shape index (κ3) is 4.48. The molecular weight excluding hydrogens is 358 g/mol. The Morgan fingerprint density at radius 3 is 2.96 bits per heavy atom. The van der Waals surface area contributed by atoms with Gasteiger partial charge >= 0.3 is 0 Å². The minimum absolute atomic E-state index is 0.0436. The molecule has 0 saturated carbocycles. The molecule has 1 N–H and O–H groups in total. The van der Waals surface area contributed by atoms with Crippen molar-refractivity contribution >= 4 is 11.8 Å². The minimum Gasteiger partial charge on any atom is -0.364 e. The number of carbonyl (C=O) groups is 2. The average Bonchev–Trinajstić information content (AvgIpc) is 3.14. The summed E-state index contributed by atoms with van der Waals surface area (Å²) in [6.45, 7) is 1.12. The van der Waals surface area contributed by atoms with Crippen LogP contribution in [0.5, 0.6) is 0 Å². The zero-order chi connectivity index (χ0) is 19.4. The van der Waals surface area contributed by atoms with Gasteiger partial charge in [-0.25, -0.2) is 8.78 Å². The highest BCUT2D eigenvalue weighted by molar-refractivity contribution is 5.88. The van der Waals surface area contributed by atoms with Crippen LogP contribution in [-0.2, 0) is 22.7 Å². The van der Waals surface area contributed by atoms with E-state index in [4.69, 9.17) is 4.52 Å². The molecule has 1 saturated heterocycles. The normalized spacial score (nSPS) is 17.6. The SMILES string of the molecule is CN(Cc1ccon1)C(=O)C[C@@H]1C(=O)NCCN1Cc1cccc(F)c1F. The van der Waals surface area contributed by atoms with E-state index in [-0.39, 0.29) is 36.9 Å². The van der Waals surface area contributed by atoms with Gasteiger partial charge in [0.15, 0.2) is 11.6 Å². The number of carbonyl (C=O) groups excluding carboxylic acids is 2. The molecule has 3 rings (SSSR count). The maximum absolute atomic E-state index is 14.0. The predicted molar refractivity (Wildman–Crippen MR) is 91.2 cm³/mol. The van der Waals surface area contributed by atoms with Crippen LogP contribution in [0.1, 0.15) is 17.7 Å². The van der Waals surface area contributed by atoms with Crippen molar-refractivity contribution in [2.45, 2.75) is 25.6 Å². The van der Waals surface area contributed by atoms with Crippen molar-refractivity contribution in [2.24, 2.45) is 0 Å². The van der Waals surface area contributed by atoms with E-state index < -0.39 is 17.7 Å². The molecule has 1 fully saturated rings. The Kier molecular flexibility index (Phi) is 5.80. The number of hydrogen-bond acceptors (Lipinski definition) is 5. The summed E-state index contributed by atoms with van der Waals surface area (Å²) in [5.74, 6) is -2.43. The van der Waals surface area contributed by atoms with E-state index in [0.29, 0.717) is 18.8 Å². The second kappa shape index (κ2) is 8.26. The van der Waals surface area contributed by atoms with Crippen molar-refractivity contribution in [3.63, 3.8) is 0 Å². The smallest absolute Gasteiger partial charge is 0.237 e. The van der Waals surface area contributed by atoms with E-state index in [1.54, 1.807) is 18.0 Å². The van der Waals surface area contributed by atoms with Crippen LogP contribution in [0.25, 0.3) is 0 Å². The van der Waals surface area contributed by atoms with Gasteiger partial charge in [-0.15, -0.1) is 0 Å². The van der Waals surface area contributed by atoms with Gasteiger partial charge in [-0.1, -0.05) is 17.3 Å². The van der Waals surface area contributed by atoms with Crippen LogP contribution in [0.2, 0.25) is 0 Å². The summed E-state index contributed by atoms with van der Waals surface area (Å²) in [5, 5.41) is 6.47. The van der Waals surface area contributed by atoms with Gasteiger partial charge < -0.3 is 14.7 Å². The van der Waals surface area contributed by atoms with Crippen LogP contribution in [0, 0.1) is 11.6 Å². The minimum atomic E-state index is -0.936. The van der Waals surface area contributed by atoms with E-state index >= 15 is 0 Å². The number of halogens is 2. The van der Waals surface area contributed by atoms with Gasteiger partial charge in [-0.05, 0) is 6.07 Å². The van der Waals surface area contributed by atoms with Crippen molar-refractivity contribution in [3.8, 4) is 0 Å². The zero-order valence-corrected chi connectivity index (χ0v) is 14.8. The van der Waals surface area contributed by atoms with Crippen molar-refractivity contribution in [3.05, 3.63) is 53.4 Å². The Bertz CT molecular complexity index is 813. The second-order valence-electron chi connectivity index (χ2n) is 6.43. The Hall–Kier alpha value is -2.81. The predicted octanol–water partition coefficient (Wildman–Crippen LogP) is 1.30. The molecule has 0 bridgehead atoms. The Morgan fingerprint density at radius 2 is 2.22 bits per heavy atom. The lowest BCUT2D eigenvalue weighted by Gasteiger charge is -2.35. The molecule has 1 aliphatic heterocycles. The molecule has 2 amide bonds. The number of nitrogens with one attached hydrogen (secondary N) is 1. The lowest BCUT2D eigenvalue weighted by molar-refractivity contribution is -0.138. The van der Waals surface area contributed by atoms with Gasteiger partial charge in [0, 0.05) is 38.3 Å². The molecule has 1 aliphatic rings. The number of benzene rings is 1. The number of piperazine rings is 1. The van der Waals surface area contributed by atoms with Gasteiger partial charge in [0.1, 0.15) is 12.0 Å². The molecule has 2 aromatic rings. The van der Waals surface area contributed by atoms with Gasteiger partial charge in [0.05, 0.1) is 19.0 Å². The Labute approximate surface area is 154 Å². The first-order valence-corrected chi connectivity index (χ1v) is 8.53. The van der Waals surface area contributed by atoms with Crippen LogP contribution >= 0.6 is 0 Å². The quantitative estimate of drug-likeness (QED) is 0.820. The summed E-state index contributed by atoms with van der Waals surface area (Å²) < 4.78 is 32.2. The fourth-order valence-electron chi connectivity index (χ4n) is 3.03. The van der Waals surface area contributed by atoms with Crippen molar-refractivity contribution in [2.75, 3.05) is 20.1 Å². The molecule has 0 unspecified atom stereocenters. The first kappa shape index (κ1) is 19.0. The molecule has 9 heteroatoms. The summed E-state index contributed by atoms with van der Waals surface area (Å²) in [4.78, 5) is 28.0. The molecule has 0 aliphatic carbocycles. The Balaban J connectivity index is 1.69. The zero-order valence-electron chi connectivity index (χ0n) is 14.8. The van der Waals surface area contributed by atoms with E-state index in [0.717, 1.165) is 6.07 Å². The van der Waals surface area contributed by atoms with Crippen LogP contribution in [0.4, 0.5) is 8.78 Å². The number of rotatable bonds is 6. The fraction of sp³-hybridized carbons (Fsp3) is 0.389. The molecule has 2 heterocycles. The monoisotopic (exact) mass is 378 g/mol. The summed E-state index contributed by atoms with van der Waals surface area (Å²) >= 11 is 0. The van der Waals surface area contributed by atoms with E-state index in [9.17, 15) is 18.4 Å².